The van der Waals surface area contributed by atoms with Gasteiger partial charge in [-0.3, -0.25) is 0 Å². The van der Waals surface area contributed by atoms with Gasteiger partial charge in [0.1, 0.15) is 5.82 Å². The Balaban J connectivity index is 2.31. The van der Waals surface area contributed by atoms with Crippen molar-refractivity contribution in [2.24, 2.45) is 5.73 Å². The molecule has 2 rings (SSSR count). The summed E-state index contributed by atoms with van der Waals surface area (Å²) in [5, 5.41) is 0. The molecule has 0 saturated carbocycles. The summed E-state index contributed by atoms with van der Waals surface area (Å²) in [7, 11) is 3.25. The lowest BCUT2D eigenvalue weighted by atomic mass is 10.2. The smallest absolute Gasteiger partial charge is 0.163 e. The lowest BCUT2D eigenvalue weighted by Gasteiger charge is -2.10. The van der Waals surface area contributed by atoms with Gasteiger partial charge < -0.3 is 24.5 Å². The van der Waals surface area contributed by atoms with E-state index in [2.05, 4.69) is 9.55 Å². The highest BCUT2D eigenvalue weighted by atomic mass is 16.5. The van der Waals surface area contributed by atoms with Crippen LogP contribution < -0.4 is 15.2 Å². The monoisotopic (exact) mass is 279 g/mol. The molecule has 0 bridgehead atoms. The number of imidazole rings is 1. The summed E-state index contributed by atoms with van der Waals surface area (Å²) in [6.07, 6.45) is 0. The number of aryl methyl sites for hydroxylation is 1. The molecule has 0 aliphatic heterocycles. The third-order valence-corrected chi connectivity index (χ3v) is 3.17. The van der Waals surface area contributed by atoms with Crippen molar-refractivity contribution < 1.29 is 14.2 Å². The van der Waals surface area contributed by atoms with E-state index < -0.39 is 0 Å². The van der Waals surface area contributed by atoms with E-state index in [1.807, 2.05) is 19.1 Å². The predicted octanol–water partition coefficient (Wildman–Crippen LogP) is 1.34. The fourth-order valence-electron chi connectivity index (χ4n) is 2.20. The first-order chi connectivity index (χ1) is 9.71. The number of methoxy groups -OCH3 is 2. The zero-order valence-corrected chi connectivity index (χ0v) is 12.2. The number of aromatic nitrogens is 2. The topological polar surface area (TPSA) is 71.5 Å². The molecule has 0 aliphatic carbocycles. The van der Waals surface area contributed by atoms with Crippen molar-refractivity contribution in [2.45, 2.75) is 13.5 Å². The highest BCUT2D eigenvalue weighted by Gasteiger charge is 2.12. The summed E-state index contributed by atoms with van der Waals surface area (Å²) < 4.78 is 18.2. The third-order valence-electron chi connectivity index (χ3n) is 3.17. The Hall–Kier alpha value is -1.79. The minimum absolute atomic E-state index is 0.536. The predicted molar refractivity (Wildman–Crippen MR) is 77.4 cm³/mol. The molecule has 0 aliphatic rings. The molecule has 0 unspecified atom stereocenters. The summed E-state index contributed by atoms with van der Waals surface area (Å²) in [5.74, 6) is 2.32. The molecule has 6 heteroatoms. The fraction of sp³-hybridized carbons (Fsp3) is 0.500. The molecule has 110 valence electrons. The molecule has 0 amide bonds. The fourth-order valence-corrected chi connectivity index (χ4v) is 2.20. The Morgan fingerprint density at radius 2 is 1.85 bits per heavy atom. The summed E-state index contributed by atoms with van der Waals surface area (Å²) >= 11 is 0. The number of ether oxygens (including phenoxy) is 3. The number of benzene rings is 1. The van der Waals surface area contributed by atoms with Crippen LogP contribution in [0.25, 0.3) is 11.0 Å². The van der Waals surface area contributed by atoms with Crippen LogP contribution in [0.1, 0.15) is 5.82 Å². The Kier molecular flexibility index (Phi) is 4.81. The van der Waals surface area contributed by atoms with Crippen molar-refractivity contribution in [3.8, 4) is 11.5 Å². The molecule has 0 radical (unpaired) electrons. The highest BCUT2D eigenvalue weighted by molar-refractivity contribution is 5.80. The zero-order chi connectivity index (χ0) is 14.5. The second-order valence-electron chi connectivity index (χ2n) is 4.41. The number of hydrogen-bond donors (Lipinski definition) is 1. The molecule has 0 atom stereocenters. The number of rotatable bonds is 7. The molecule has 1 aromatic heterocycles. The minimum Gasteiger partial charge on any atom is -0.493 e. The second-order valence-corrected chi connectivity index (χ2v) is 4.41. The lowest BCUT2D eigenvalue weighted by Crippen LogP contribution is -2.13. The van der Waals surface area contributed by atoms with E-state index in [9.17, 15) is 0 Å². The van der Waals surface area contributed by atoms with Gasteiger partial charge in [-0.2, -0.15) is 0 Å². The van der Waals surface area contributed by atoms with Crippen LogP contribution in [0, 0.1) is 6.92 Å². The lowest BCUT2D eigenvalue weighted by molar-refractivity contribution is 0.133. The van der Waals surface area contributed by atoms with E-state index in [4.69, 9.17) is 19.9 Å². The number of nitrogens with zero attached hydrogens (tertiary/aromatic N) is 2. The van der Waals surface area contributed by atoms with Gasteiger partial charge in [0.25, 0.3) is 0 Å². The largest absolute Gasteiger partial charge is 0.493 e. The second kappa shape index (κ2) is 6.58. The van der Waals surface area contributed by atoms with Gasteiger partial charge in [-0.1, -0.05) is 0 Å². The van der Waals surface area contributed by atoms with Crippen molar-refractivity contribution in [3.05, 3.63) is 18.0 Å². The number of fused-ring (bicyclic) bond motifs is 1. The average Bonchev–Trinajstić information content (AvgIpc) is 2.77. The molecule has 1 aromatic carbocycles. The maximum absolute atomic E-state index is 5.43. The molecule has 0 spiro atoms. The average molecular weight is 279 g/mol. The van der Waals surface area contributed by atoms with Crippen LogP contribution in [0.3, 0.4) is 0 Å². The quantitative estimate of drug-likeness (QED) is 0.774. The first-order valence-electron chi connectivity index (χ1n) is 6.58. The van der Waals surface area contributed by atoms with Crippen LogP contribution in [-0.4, -0.2) is 43.5 Å². The highest BCUT2D eigenvalue weighted by Crippen LogP contribution is 2.32. The van der Waals surface area contributed by atoms with Crippen LogP contribution >= 0.6 is 0 Å². The summed E-state index contributed by atoms with van der Waals surface area (Å²) in [6.45, 7) is 4.43. The van der Waals surface area contributed by atoms with Crippen molar-refractivity contribution in [1.29, 1.82) is 0 Å². The Bertz CT molecular complexity index is 581. The first-order valence-corrected chi connectivity index (χ1v) is 6.58. The van der Waals surface area contributed by atoms with Crippen molar-refractivity contribution in [1.82, 2.24) is 9.55 Å². The molecular formula is C14H21N3O3. The van der Waals surface area contributed by atoms with E-state index in [-0.39, 0.29) is 0 Å². The molecule has 1 heterocycles. The maximum atomic E-state index is 5.43. The van der Waals surface area contributed by atoms with Gasteiger partial charge in [-0.05, 0) is 6.92 Å². The van der Waals surface area contributed by atoms with Crippen molar-refractivity contribution >= 4 is 11.0 Å². The van der Waals surface area contributed by atoms with Crippen LogP contribution in [0.5, 0.6) is 11.5 Å². The van der Waals surface area contributed by atoms with Gasteiger partial charge in [0.05, 0.1) is 38.5 Å². The molecule has 20 heavy (non-hydrogen) atoms. The Morgan fingerprint density at radius 1 is 1.15 bits per heavy atom. The summed E-state index contributed by atoms with van der Waals surface area (Å²) in [4.78, 5) is 4.54. The first kappa shape index (κ1) is 14.6. The van der Waals surface area contributed by atoms with Gasteiger partial charge >= 0.3 is 0 Å². The van der Waals surface area contributed by atoms with E-state index in [0.717, 1.165) is 23.4 Å². The SMILES string of the molecule is COc1cc2nc(C)n(CCOCCN)c2cc1OC. The summed E-state index contributed by atoms with van der Waals surface area (Å²) in [5.41, 5.74) is 7.30. The molecule has 6 nitrogen and oxygen atoms in total. The standard InChI is InChI=1S/C14H21N3O3/c1-10-16-11-8-13(18-2)14(19-3)9-12(11)17(10)5-7-20-6-4-15/h8-9H,4-7,15H2,1-3H3. The third kappa shape index (κ3) is 2.86. The van der Waals surface area contributed by atoms with Gasteiger partial charge in [0, 0.05) is 25.2 Å². The zero-order valence-electron chi connectivity index (χ0n) is 12.2. The molecule has 2 aromatic rings. The minimum atomic E-state index is 0.536. The normalized spacial score (nSPS) is 11.0. The Labute approximate surface area is 118 Å². The van der Waals surface area contributed by atoms with Crippen LogP contribution in [-0.2, 0) is 11.3 Å². The Morgan fingerprint density at radius 3 is 2.50 bits per heavy atom. The van der Waals surface area contributed by atoms with Gasteiger partial charge in [0.2, 0.25) is 0 Å². The van der Waals surface area contributed by atoms with Gasteiger partial charge in [-0.15, -0.1) is 0 Å². The molecule has 0 saturated heterocycles. The van der Waals surface area contributed by atoms with E-state index in [1.54, 1.807) is 14.2 Å². The van der Waals surface area contributed by atoms with Crippen LogP contribution in [0.4, 0.5) is 0 Å². The molecular weight excluding hydrogens is 258 g/mol. The van der Waals surface area contributed by atoms with E-state index >= 15 is 0 Å². The molecule has 0 fully saturated rings. The van der Waals surface area contributed by atoms with Gasteiger partial charge in [-0.25, -0.2) is 4.98 Å². The van der Waals surface area contributed by atoms with Gasteiger partial charge in [0.15, 0.2) is 11.5 Å². The van der Waals surface area contributed by atoms with Crippen LogP contribution in [0.15, 0.2) is 12.1 Å². The van der Waals surface area contributed by atoms with Crippen LogP contribution in [0.2, 0.25) is 0 Å². The van der Waals surface area contributed by atoms with Crippen molar-refractivity contribution in [3.63, 3.8) is 0 Å². The van der Waals surface area contributed by atoms with E-state index in [1.165, 1.54) is 0 Å². The maximum Gasteiger partial charge on any atom is 0.163 e. The number of hydrogen-bond acceptors (Lipinski definition) is 5. The molecule has 2 N–H and O–H groups in total. The van der Waals surface area contributed by atoms with Crippen molar-refractivity contribution in [2.75, 3.05) is 34.0 Å². The van der Waals surface area contributed by atoms with E-state index in [0.29, 0.717) is 31.3 Å². The number of nitrogens with two attached hydrogens (primary N) is 1. The summed E-state index contributed by atoms with van der Waals surface area (Å²) in [6, 6.07) is 3.83.